The zero-order valence-corrected chi connectivity index (χ0v) is 15.0. The molecule has 0 aliphatic carbocycles. The molecule has 124 valence electrons. The first-order chi connectivity index (χ1) is 10.9. The Morgan fingerprint density at radius 2 is 1.96 bits per heavy atom. The van der Waals surface area contributed by atoms with Crippen LogP contribution in [0, 0.1) is 0 Å². The molecule has 0 saturated carbocycles. The Bertz CT molecular complexity index is 749. The lowest BCUT2D eigenvalue weighted by Gasteiger charge is -2.47. The van der Waals surface area contributed by atoms with Gasteiger partial charge in [0.25, 0.3) is 0 Å². The summed E-state index contributed by atoms with van der Waals surface area (Å²) in [6.07, 6.45) is -0.569. The van der Waals surface area contributed by atoms with Gasteiger partial charge in [-0.3, -0.25) is 9.11 Å². The lowest BCUT2D eigenvalue weighted by Crippen LogP contribution is -2.31. The third-order valence-electron chi connectivity index (χ3n) is 3.98. The number of benzene rings is 2. The van der Waals surface area contributed by atoms with E-state index >= 15 is 0 Å². The first kappa shape index (κ1) is 16.4. The third kappa shape index (κ3) is 2.67. The second kappa shape index (κ2) is 5.90. The molecule has 2 atom stereocenters. The first-order valence-corrected chi connectivity index (χ1v) is 9.35. The minimum atomic E-state index is -3.06. The minimum absolute atomic E-state index is 0.113. The number of rotatable bonds is 2. The Morgan fingerprint density at radius 3 is 2.61 bits per heavy atom. The van der Waals surface area contributed by atoms with Crippen molar-refractivity contribution in [2.24, 2.45) is 0 Å². The number of halogens is 1. The van der Waals surface area contributed by atoms with Gasteiger partial charge in [-0.05, 0) is 52.7 Å². The number of phenolic OH excluding ortho intramolecular Hbond substituents is 1. The molecule has 1 aliphatic heterocycles. The lowest BCUT2D eigenvalue weighted by molar-refractivity contribution is 0.172. The van der Waals surface area contributed by atoms with E-state index in [0.717, 1.165) is 5.56 Å². The molecule has 0 amide bonds. The highest BCUT2D eigenvalue weighted by Gasteiger charge is 2.41. The van der Waals surface area contributed by atoms with Crippen LogP contribution < -0.4 is 9.47 Å². The molecule has 2 aromatic rings. The fourth-order valence-electron chi connectivity index (χ4n) is 2.64. The van der Waals surface area contributed by atoms with E-state index < -0.39 is 21.9 Å². The van der Waals surface area contributed by atoms with Crippen LogP contribution in [0.2, 0.25) is 0 Å². The number of methoxy groups -OCH3 is 1. The maximum absolute atomic E-state index is 10.7. The molecule has 0 spiro atoms. The van der Waals surface area contributed by atoms with Crippen molar-refractivity contribution in [1.29, 1.82) is 0 Å². The summed E-state index contributed by atoms with van der Waals surface area (Å²) >= 11 is 3.27. The summed E-state index contributed by atoms with van der Waals surface area (Å²) in [5, 5.41) is 9.11. The summed E-state index contributed by atoms with van der Waals surface area (Å²) in [6, 6.07) is 10.0. The number of hydrogen-bond donors (Lipinski definition) is 3. The summed E-state index contributed by atoms with van der Waals surface area (Å²) in [7, 11) is -1.55. The zero-order chi connectivity index (χ0) is 16.8. The third-order valence-corrected chi connectivity index (χ3v) is 6.86. The zero-order valence-electron chi connectivity index (χ0n) is 12.6. The number of phenols is 1. The monoisotopic (exact) mass is 400 g/mol. The predicted molar refractivity (Wildman–Crippen MR) is 92.7 cm³/mol. The van der Waals surface area contributed by atoms with Gasteiger partial charge in [-0.25, -0.2) is 0 Å². The molecule has 0 aromatic heterocycles. The van der Waals surface area contributed by atoms with E-state index in [1.807, 2.05) is 0 Å². The quantitative estimate of drug-likeness (QED) is 0.674. The first-order valence-electron chi connectivity index (χ1n) is 6.95. The van der Waals surface area contributed by atoms with Crippen molar-refractivity contribution in [3.05, 3.63) is 46.4 Å². The summed E-state index contributed by atoms with van der Waals surface area (Å²) in [4.78, 5) is 0.360. The Kier molecular flexibility index (Phi) is 4.22. The Labute approximate surface area is 144 Å². The van der Waals surface area contributed by atoms with Crippen molar-refractivity contribution >= 4 is 26.5 Å². The van der Waals surface area contributed by atoms with Crippen LogP contribution in [0.15, 0.2) is 45.8 Å². The van der Waals surface area contributed by atoms with E-state index in [9.17, 15) is 14.2 Å². The number of hydrogen-bond acceptors (Lipinski definition) is 5. The maximum Gasteiger partial charge on any atom is 0.185 e. The van der Waals surface area contributed by atoms with Gasteiger partial charge in [0.1, 0.15) is 16.7 Å². The van der Waals surface area contributed by atoms with E-state index in [4.69, 9.17) is 9.47 Å². The van der Waals surface area contributed by atoms with Crippen molar-refractivity contribution in [2.45, 2.75) is 23.2 Å². The Morgan fingerprint density at radius 1 is 1.22 bits per heavy atom. The molecule has 0 radical (unpaired) electrons. The second-order valence-corrected chi connectivity index (χ2v) is 8.56. The number of aromatic hydroxyl groups is 1. The maximum atomic E-state index is 10.7. The van der Waals surface area contributed by atoms with Crippen LogP contribution in [0.4, 0.5) is 0 Å². The molecule has 1 heterocycles. The van der Waals surface area contributed by atoms with E-state index in [2.05, 4.69) is 15.9 Å². The average molecular weight is 401 g/mol. The van der Waals surface area contributed by atoms with Gasteiger partial charge in [-0.15, -0.1) is 0 Å². The highest BCUT2D eigenvalue weighted by atomic mass is 79.9. The highest BCUT2D eigenvalue weighted by Crippen LogP contribution is 2.64. The van der Waals surface area contributed by atoms with Gasteiger partial charge in [0, 0.05) is 0 Å². The van der Waals surface area contributed by atoms with Crippen molar-refractivity contribution in [2.75, 3.05) is 7.11 Å². The Balaban J connectivity index is 2.12. The van der Waals surface area contributed by atoms with E-state index in [-0.39, 0.29) is 5.75 Å². The van der Waals surface area contributed by atoms with Crippen LogP contribution in [-0.4, -0.2) is 26.6 Å². The molecule has 0 fully saturated rings. The molecular formula is C16H17BrO5S. The molecular weight excluding hydrogens is 384 g/mol. The molecule has 5 nitrogen and oxygen atoms in total. The SMILES string of the molecule is COc1cccc2c1OC(c1ccc(O)c(Br)c1)C(C)S2(O)O. The van der Waals surface area contributed by atoms with E-state index in [1.165, 1.54) is 7.11 Å². The smallest absolute Gasteiger partial charge is 0.185 e. The summed E-state index contributed by atoms with van der Waals surface area (Å²) in [5.74, 6) is 0.918. The molecule has 0 bridgehead atoms. The largest absolute Gasteiger partial charge is 0.507 e. The van der Waals surface area contributed by atoms with Gasteiger partial charge in [-0.2, -0.15) is 10.6 Å². The average Bonchev–Trinajstić information content (AvgIpc) is 2.53. The topological polar surface area (TPSA) is 79.2 Å². The van der Waals surface area contributed by atoms with Crippen LogP contribution in [-0.2, 0) is 0 Å². The summed E-state index contributed by atoms with van der Waals surface area (Å²) in [5.41, 5.74) is 0.735. The van der Waals surface area contributed by atoms with Crippen LogP contribution in [0.5, 0.6) is 17.2 Å². The Hall–Kier alpha value is -1.41. The summed E-state index contributed by atoms with van der Waals surface area (Å²) < 4.78 is 33.3. The van der Waals surface area contributed by atoms with E-state index in [0.29, 0.717) is 20.9 Å². The molecule has 3 N–H and O–H groups in total. The molecule has 1 aliphatic rings. The normalized spacial score (nSPS) is 23.5. The van der Waals surface area contributed by atoms with Gasteiger partial charge >= 0.3 is 0 Å². The highest BCUT2D eigenvalue weighted by molar-refractivity contribution is 9.10. The second-order valence-electron chi connectivity index (χ2n) is 5.33. The summed E-state index contributed by atoms with van der Waals surface area (Å²) in [6.45, 7) is 1.74. The predicted octanol–water partition coefficient (Wildman–Crippen LogP) is 4.80. The van der Waals surface area contributed by atoms with Crippen LogP contribution in [0.3, 0.4) is 0 Å². The lowest BCUT2D eigenvalue weighted by atomic mass is 10.1. The van der Waals surface area contributed by atoms with Crippen LogP contribution in [0.1, 0.15) is 18.6 Å². The fraction of sp³-hybridized carbons (Fsp3) is 0.250. The van der Waals surface area contributed by atoms with Gasteiger partial charge in [-0.1, -0.05) is 12.1 Å². The van der Waals surface area contributed by atoms with E-state index in [1.54, 1.807) is 43.3 Å². The van der Waals surface area contributed by atoms with Crippen molar-refractivity contribution < 1.29 is 23.7 Å². The number of para-hydroxylation sites is 1. The molecule has 23 heavy (non-hydrogen) atoms. The van der Waals surface area contributed by atoms with Crippen LogP contribution in [0.25, 0.3) is 0 Å². The number of ether oxygens (including phenoxy) is 2. The minimum Gasteiger partial charge on any atom is -0.507 e. The van der Waals surface area contributed by atoms with Gasteiger partial charge in [0.05, 0.1) is 16.8 Å². The van der Waals surface area contributed by atoms with Gasteiger partial charge in [0.15, 0.2) is 11.5 Å². The standard InChI is InChI=1S/C16H17BrO5S/c1-9-15(10-6-7-12(18)11(17)8-10)22-16-13(21-2)4-3-5-14(16)23(9,19)20/h3-9,15,18-20H,1-2H3. The van der Waals surface area contributed by atoms with Crippen molar-refractivity contribution in [3.8, 4) is 17.2 Å². The number of fused-ring (bicyclic) bond motifs is 1. The molecule has 7 heteroatoms. The van der Waals surface area contributed by atoms with Crippen LogP contribution >= 0.6 is 26.5 Å². The van der Waals surface area contributed by atoms with Crippen molar-refractivity contribution in [1.82, 2.24) is 0 Å². The molecule has 0 saturated heterocycles. The fourth-order valence-corrected chi connectivity index (χ4v) is 4.70. The van der Waals surface area contributed by atoms with Gasteiger partial charge in [0.2, 0.25) is 0 Å². The molecule has 2 aromatic carbocycles. The molecule has 2 unspecified atom stereocenters. The van der Waals surface area contributed by atoms with Gasteiger partial charge < -0.3 is 14.6 Å². The molecule has 3 rings (SSSR count). The van der Waals surface area contributed by atoms with Crippen molar-refractivity contribution in [3.63, 3.8) is 0 Å².